The van der Waals surface area contributed by atoms with Crippen LogP contribution in [0.25, 0.3) is 10.8 Å². The van der Waals surface area contributed by atoms with Crippen molar-refractivity contribution in [3.05, 3.63) is 42.5 Å². The van der Waals surface area contributed by atoms with Crippen molar-refractivity contribution >= 4 is 26.6 Å². The molecule has 106 valence electrons. The summed E-state index contributed by atoms with van der Waals surface area (Å²) in [7, 11) is -3.59. The van der Waals surface area contributed by atoms with Gasteiger partial charge in [0.05, 0.1) is 16.6 Å². The van der Waals surface area contributed by atoms with E-state index in [1.165, 1.54) is 6.07 Å². The number of fused-ring (bicyclic) bond motifs is 1. The number of benzene rings is 2. The Morgan fingerprint density at radius 3 is 2.40 bits per heavy atom. The van der Waals surface area contributed by atoms with E-state index >= 15 is 0 Å². The highest BCUT2D eigenvalue weighted by Gasteiger charge is 2.25. The maximum atomic E-state index is 12.3. The van der Waals surface area contributed by atoms with Gasteiger partial charge < -0.3 is 5.11 Å². The monoisotopic (exact) mass is 292 g/mol. The number of carboxylic acid groups (broad SMARTS) is 1. The lowest BCUT2D eigenvalue weighted by atomic mass is 10.1. The molecule has 0 fully saturated rings. The Balaban J connectivity index is 2.38. The molecule has 1 N–H and O–H groups in total. The third-order valence-corrected chi connectivity index (χ3v) is 5.16. The van der Waals surface area contributed by atoms with Crippen molar-refractivity contribution in [2.75, 3.05) is 5.75 Å². The standard InChI is InChI=1S/C15H16O4S/c1-2-11(15(16)17)10-20(18,19)14-8-7-12-5-3-4-6-13(12)9-14/h3-9,11H,2,10H2,1H3,(H,16,17)/t11-/m1/s1. The largest absolute Gasteiger partial charge is 0.481 e. The van der Waals surface area contributed by atoms with E-state index < -0.39 is 21.7 Å². The molecule has 2 rings (SSSR count). The smallest absolute Gasteiger partial charge is 0.307 e. The molecule has 2 aromatic rings. The van der Waals surface area contributed by atoms with E-state index in [0.717, 1.165) is 10.8 Å². The van der Waals surface area contributed by atoms with Gasteiger partial charge in [-0.15, -0.1) is 0 Å². The van der Waals surface area contributed by atoms with Gasteiger partial charge in [-0.1, -0.05) is 37.3 Å². The highest BCUT2D eigenvalue weighted by Crippen LogP contribution is 2.22. The van der Waals surface area contributed by atoms with Gasteiger partial charge in [0.1, 0.15) is 0 Å². The molecule has 0 amide bonds. The Bertz CT molecular complexity index is 734. The number of hydrogen-bond acceptors (Lipinski definition) is 3. The maximum Gasteiger partial charge on any atom is 0.307 e. The summed E-state index contributed by atoms with van der Waals surface area (Å²) in [5.41, 5.74) is 0. The average molecular weight is 292 g/mol. The second kappa shape index (κ2) is 5.63. The van der Waals surface area contributed by atoms with E-state index in [-0.39, 0.29) is 10.6 Å². The first-order valence-electron chi connectivity index (χ1n) is 6.38. The Labute approximate surface area is 118 Å². The first kappa shape index (κ1) is 14.5. The summed E-state index contributed by atoms with van der Waals surface area (Å²) in [6.07, 6.45) is 0.294. The normalized spacial score (nSPS) is 13.2. The van der Waals surface area contributed by atoms with Crippen LogP contribution >= 0.6 is 0 Å². The van der Waals surface area contributed by atoms with Crippen LogP contribution in [0.1, 0.15) is 13.3 Å². The van der Waals surface area contributed by atoms with Crippen LogP contribution in [0.5, 0.6) is 0 Å². The van der Waals surface area contributed by atoms with Gasteiger partial charge in [-0.05, 0) is 29.3 Å². The topological polar surface area (TPSA) is 71.4 Å². The number of hydrogen-bond donors (Lipinski definition) is 1. The van der Waals surface area contributed by atoms with Crippen LogP contribution in [0.2, 0.25) is 0 Å². The molecule has 0 radical (unpaired) electrons. The molecule has 4 nitrogen and oxygen atoms in total. The molecule has 5 heteroatoms. The lowest BCUT2D eigenvalue weighted by molar-refractivity contribution is -0.141. The minimum atomic E-state index is -3.59. The van der Waals surface area contributed by atoms with Gasteiger partial charge in [0, 0.05) is 0 Å². The highest BCUT2D eigenvalue weighted by atomic mass is 32.2. The van der Waals surface area contributed by atoms with Crippen molar-refractivity contribution in [1.82, 2.24) is 0 Å². The summed E-state index contributed by atoms with van der Waals surface area (Å²) in [5, 5.41) is 10.8. The molecule has 0 saturated heterocycles. The van der Waals surface area contributed by atoms with Gasteiger partial charge in [-0.3, -0.25) is 4.79 Å². The lowest BCUT2D eigenvalue weighted by Crippen LogP contribution is -2.23. The van der Waals surface area contributed by atoms with Crippen LogP contribution in [0.4, 0.5) is 0 Å². The third-order valence-electron chi connectivity index (χ3n) is 3.34. The van der Waals surface area contributed by atoms with Crippen molar-refractivity contribution in [2.24, 2.45) is 5.92 Å². The van der Waals surface area contributed by atoms with Gasteiger partial charge in [0.25, 0.3) is 0 Å². The number of rotatable bonds is 5. The SMILES string of the molecule is CC[C@H](CS(=O)(=O)c1ccc2ccccc2c1)C(=O)O. The zero-order valence-electron chi connectivity index (χ0n) is 11.1. The van der Waals surface area contributed by atoms with E-state index in [1.807, 2.05) is 24.3 Å². The van der Waals surface area contributed by atoms with Gasteiger partial charge in [-0.2, -0.15) is 0 Å². The number of carbonyl (C=O) groups is 1. The minimum absolute atomic E-state index is 0.177. The van der Waals surface area contributed by atoms with Crippen LogP contribution in [0.3, 0.4) is 0 Å². The van der Waals surface area contributed by atoms with E-state index in [2.05, 4.69) is 0 Å². The van der Waals surface area contributed by atoms with E-state index in [0.29, 0.717) is 6.42 Å². The predicted molar refractivity (Wildman–Crippen MR) is 77.4 cm³/mol. The van der Waals surface area contributed by atoms with Crippen molar-refractivity contribution in [1.29, 1.82) is 0 Å². The Morgan fingerprint density at radius 2 is 1.80 bits per heavy atom. The van der Waals surface area contributed by atoms with Crippen LogP contribution in [-0.2, 0) is 14.6 Å². The summed E-state index contributed by atoms with van der Waals surface area (Å²) in [4.78, 5) is 11.2. The van der Waals surface area contributed by atoms with E-state index in [4.69, 9.17) is 5.11 Å². The molecule has 0 aliphatic rings. The van der Waals surface area contributed by atoms with Crippen molar-refractivity contribution in [3.8, 4) is 0 Å². The van der Waals surface area contributed by atoms with Crippen LogP contribution in [-0.4, -0.2) is 25.2 Å². The van der Waals surface area contributed by atoms with Crippen molar-refractivity contribution in [2.45, 2.75) is 18.2 Å². The summed E-state index contributed by atoms with van der Waals surface area (Å²) in [6.45, 7) is 1.68. The quantitative estimate of drug-likeness (QED) is 0.919. The first-order chi connectivity index (χ1) is 9.44. The van der Waals surface area contributed by atoms with Crippen molar-refractivity contribution < 1.29 is 18.3 Å². The minimum Gasteiger partial charge on any atom is -0.481 e. The molecular formula is C15H16O4S. The molecule has 0 spiro atoms. The molecule has 0 saturated carbocycles. The molecule has 2 aromatic carbocycles. The van der Waals surface area contributed by atoms with Gasteiger partial charge in [0.2, 0.25) is 0 Å². The van der Waals surface area contributed by atoms with Gasteiger partial charge in [0.15, 0.2) is 9.84 Å². The Morgan fingerprint density at radius 1 is 1.15 bits per heavy atom. The summed E-state index contributed by atoms with van der Waals surface area (Å²) in [6, 6.07) is 12.3. The van der Waals surface area contributed by atoms with Crippen LogP contribution < -0.4 is 0 Å². The van der Waals surface area contributed by atoms with Crippen LogP contribution in [0.15, 0.2) is 47.4 Å². The highest BCUT2D eigenvalue weighted by molar-refractivity contribution is 7.91. The molecule has 0 unspecified atom stereocenters. The first-order valence-corrected chi connectivity index (χ1v) is 8.03. The lowest BCUT2D eigenvalue weighted by Gasteiger charge is -2.11. The van der Waals surface area contributed by atoms with Crippen LogP contribution in [0, 0.1) is 5.92 Å². The molecule has 0 aromatic heterocycles. The van der Waals surface area contributed by atoms with Gasteiger partial charge >= 0.3 is 5.97 Å². The maximum absolute atomic E-state index is 12.3. The van der Waals surface area contributed by atoms with E-state index in [1.54, 1.807) is 19.1 Å². The molecule has 0 aliphatic heterocycles. The second-order valence-electron chi connectivity index (χ2n) is 4.73. The van der Waals surface area contributed by atoms with E-state index in [9.17, 15) is 13.2 Å². The fourth-order valence-corrected chi connectivity index (χ4v) is 3.77. The molecule has 0 bridgehead atoms. The zero-order chi connectivity index (χ0) is 14.8. The molecule has 1 atom stereocenters. The number of sulfone groups is 1. The Kier molecular flexibility index (Phi) is 4.09. The zero-order valence-corrected chi connectivity index (χ0v) is 11.9. The summed E-state index contributed by atoms with van der Waals surface area (Å²) < 4.78 is 24.6. The number of aliphatic carboxylic acids is 1. The third kappa shape index (κ3) is 2.99. The summed E-state index contributed by atoms with van der Waals surface area (Å²) in [5.74, 6) is -2.31. The molecule has 0 aliphatic carbocycles. The molecular weight excluding hydrogens is 276 g/mol. The fourth-order valence-electron chi connectivity index (χ4n) is 2.09. The van der Waals surface area contributed by atoms with Crippen molar-refractivity contribution in [3.63, 3.8) is 0 Å². The summed E-state index contributed by atoms with van der Waals surface area (Å²) >= 11 is 0. The fraction of sp³-hybridized carbons (Fsp3) is 0.267. The average Bonchev–Trinajstić information content (AvgIpc) is 2.44. The predicted octanol–water partition coefficient (Wildman–Crippen LogP) is 2.72. The Hall–Kier alpha value is -1.88. The molecule has 20 heavy (non-hydrogen) atoms. The second-order valence-corrected chi connectivity index (χ2v) is 6.77. The van der Waals surface area contributed by atoms with Gasteiger partial charge in [-0.25, -0.2) is 8.42 Å². The molecule has 0 heterocycles. The number of carboxylic acids is 1.